The van der Waals surface area contributed by atoms with Gasteiger partial charge in [-0.1, -0.05) is 90.0 Å². The maximum absolute atomic E-state index is 14.1. The van der Waals surface area contributed by atoms with Gasteiger partial charge in [0.25, 0.3) is 0 Å². The molecule has 5 aromatic rings. The standard InChI is InChI=1S/C42H50N6O9S2/c1-25(2)59-58-22-31(47-40(51)57-41(3,4)5)39(50)56-35-34(49)32(55-38(35)48-24-46-33-36(43)44-23-45-37(33)48)21-54-42(26-11-9-8-10-12-26,27-13-17-29(52-6)18-14-27)28-15-19-30(53-7)20-16-28/h8-20,23-25,31-32,34-35,38,49H,21-22H2,1-7H3,(H,47,51)(H2,43,44,45)/t31?,32-,34-,35-,38-/m1/s1. The largest absolute Gasteiger partial charge is 0.497 e. The number of methoxy groups -OCH3 is 2. The van der Waals surface area contributed by atoms with Crippen LogP contribution in [-0.2, 0) is 29.3 Å². The third kappa shape index (κ3) is 10.0. The normalized spacial score (nSPS) is 18.7. The highest BCUT2D eigenvalue weighted by atomic mass is 33.1. The van der Waals surface area contributed by atoms with E-state index in [1.807, 2.05) is 92.7 Å². The number of benzene rings is 3. The van der Waals surface area contributed by atoms with E-state index in [4.69, 9.17) is 34.2 Å². The number of nitrogens with zero attached hydrogens (tertiary/aromatic N) is 4. The van der Waals surface area contributed by atoms with Crippen LogP contribution in [0.4, 0.5) is 10.6 Å². The monoisotopic (exact) mass is 846 g/mol. The van der Waals surface area contributed by atoms with Crippen molar-refractivity contribution in [3.63, 3.8) is 0 Å². The van der Waals surface area contributed by atoms with Crippen LogP contribution in [0.25, 0.3) is 11.2 Å². The summed E-state index contributed by atoms with van der Waals surface area (Å²) in [5, 5.41) is 15.1. The molecule has 4 N–H and O–H groups in total. The van der Waals surface area contributed by atoms with E-state index in [-0.39, 0.29) is 23.4 Å². The molecule has 0 bridgehead atoms. The van der Waals surface area contributed by atoms with Crippen molar-refractivity contribution < 1.29 is 43.1 Å². The lowest BCUT2D eigenvalue weighted by atomic mass is 9.80. The fourth-order valence-corrected chi connectivity index (χ4v) is 8.79. The van der Waals surface area contributed by atoms with E-state index in [9.17, 15) is 14.7 Å². The molecule has 0 aliphatic carbocycles. The molecular weight excluding hydrogens is 797 g/mol. The van der Waals surface area contributed by atoms with Gasteiger partial charge in [0.05, 0.1) is 27.2 Å². The molecule has 1 fully saturated rings. The van der Waals surface area contributed by atoms with Crippen LogP contribution in [0, 0.1) is 0 Å². The van der Waals surface area contributed by atoms with Gasteiger partial charge in [-0.2, -0.15) is 0 Å². The first-order chi connectivity index (χ1) is 28.2. The summed E-state index contributed by atoms with van der Waals surface area (Å²) < 4.78 is 37.8. The van der Waals surface area contributed by atoms with Crippen molar-refractivity contribution in [3.05, 3.63) is 108 Å². The maximum Gasteiger partial charge on any atom is 0.408 e. The number of carbonyl (C=O) groups is 2. The average molecular weight is 847 g/mol. The molecule has 0 radical (unpaired) electrons. The van der Waals surface area contributed by atoms with Crippen molar-refractivity contribution in [3.8, 4) is 11.5 Å². The number of anilines is 1. The molecule has 0 spiro atoms. The Morgan fingerprint density at radius 1 is 0.915 bits per heavy atom. The number of ether oxygens (including phenoxy) is 6. The first-order valence-electron chi connectivity index (χ1n) is 19.0. The summed E-state index contributed by atoms with van der Waals surface area (Å²) in [5.41, 5.74) is 6.99. The molecule has 1 unspecified atom stereocenters. The van der Waals surface area contributed by atoms with Crippen LogP contribution in [-0.4, -0.2) is 98.5 Å². The van der Waals surface area contributed by atoms with E-state index < -0.39 is 53.8 Å². The van der Waals surface area contributed by atoms with E-state index in [2.05, 4.69) is 20.3 Å². The summed E-state index contributed by atoms with van der Waals surface area (Å²) in [4.78, 5) is 39.9. The van der Waals surface area contributed by atoms with Crippen LogP contribution in [0.15, 0.2) is 91.5 Å². The van der Waals surface area contributed by atoms with Crippen LogP contribution in [0.3, 0.4) is 0 Å². The molecule has 314 valence electrons. The number of hydrogen-bond acceptors (Lipinski definition) is 15. The number of esters is 1. The molecule has 5 atom stereocenters. The quantitative estimate of drug-likeness (QED) is 0.0570. The highest BCUT2D eigenvalue weighted by Gasteiger charge is 2.50. The Morgan fingerprint density at radius 3 is 2.10 bits per heavy atom. The predicted octanol–water partition coefficient (Wildman–Crippen LogP) is 6.29. The molecule has 17 heteroatoms. The second kappa shape index (κ2) is 18.9. The maximum atomic E-state index is 14.1. The van der Waals surface area contributed by atoms with Crippen LogP contribution >= 0.6 is 21.6 Å². The number of fused-ring (bicyclic) bond motifs is 1. The number of aromatic nitrogens is 4. The minimum absolute atomic E-state index is 0.133. The zero-order valence-corrected chi connectivity index (χ0v) is 35.6. The van der Waals surface area contributed by atoms with Crippen molar-refractivity contribution in [2.75, 3.05) is 32.3 Å². The Hall–Kier alpha value is -5.07. The highest BCUT2D eigenvalue weighted by molar-refractivity contribution is 8.76. The van der Waals surface area contributed by atoms with Crippen LogP contribution in [0.1, 0.15) is 57.5 Å². The van der Waals surface area contributed by atoms with Crippen molar-refractivity contribution in [1.82, 2.24) is 24.8 Å². The number of amides is 1. The van der Waals surface area contributed by atoms with Gasteiger partial charge in [0.15, 0.2) is 23.8 Å². The lowest BCUT2D eigenvalue weighted by Crippen LogP contribution is -2.48. The molecule has 15 nitrogen and oxygen atoms in total. The molecule has 3 aromatic carbocycles. The van der Waals surface area contributed by atoms with Gasteiger partial charge in [-0.15, -0.1) is 0 Å². The summed E-state index contributed by atoms with van der Waals surface area (Å²) in [5.74, 6) is 0.799. The van der Waals surface area contributed by atoms with Crippen LogP contribution in [0.5, 0.6) is 11.5 Å². The second-order valence-electron chi connectivity index (χ2n) is 15.0. The van der Waals surface area contributed by atoms with Crippen molar-refractivity contribution in [1.29, 1.82) is 0 Å². The first-order valence-corrected chi connectivity index (χ1v) is 21.4. The molecule has 2 aromatic heterocycles. The summed E-state index contributed by atoms with van der Waals surface area (Å²) >= 11 is 0. The summed E-state index contributed by atoms with van der Waals surface area (Å²) in [6, 6.07) is 23.6. The minimum Gasteiger partial charge on any atom is -0.497 e. The van der Waals surface area contributed by atoms with Gasteiger partial charge in [-0.05, 0) is 61.7 Å². The number of aliphatic hydroxyl groups excluding tert-OH is 1. The topological polar surface area (TPSA) is 191 Å². The third-order valence-electron chi connectivity index (χ3n) is 9.33. The van der Waals surface area contributed by atoms with Crippen molar-refractivity contribution >= 4 is 50.6 Å². The minimum atomic E-state index is -1.44. The van der Waals surface area contributed by atoms with E-state index in [0.717, 1.165) is 16.7 Å². The predicted molar refractivity (Wildman–Crippen MR) is 226 cm³/mol. The Kier molecular flexibility index (Phi) is 13.9. The zero-order valence-electron chi connectivity index (χ0n) is 33.9. The molecule has 1 saturated heterocycles. The van der Waals surface area contributed by atoms with E-state index >= 15 is 0 Å². The van der Waals surface area contributed by atoms with Crippen LogP contribution < -0.4 is 20.5 Å². The van der Waals surface area contributed by atoms with E-state index in [0.29, 0.717) is 22.7 Å². The van der Waals surface area contributed by atoms with Gasteiger partial charge < -0.3 is 44.6 Å². The Bertz CT molecular complexity index is 2120. The second-order valence-corrected chi connectivity index (χ2v) is 18.0. The van der Waals surface area contributed by atoms with Gasteiger partial charge in [-0.25, -0.2) is 24.5 Å². The van der Waals surface area contributed by atoms with Gasteiger partial charge in [0.2, 0.25) is 0 Å². The lowest BCUT2D eigenvalue weighted by molar-refractivity contribution is -0.160. The average Bonchev–Trinajstić information content (AvgIpc) is 3.78. The molecule has 6 rings (SSSR count). The van der Waals surface area contributed by atoms with Gasteiger partial charge in [0.1, 0.15) is 52.8 Å². The van der Waals surface area contributed by atoms with E-state index in [1.165, 1.54) is 28.0 Å². The number of alkyl carbamates (subject to hydrolysis) is 1. The Labute approximate surface area is 351 Å². The molecule has 0 saturated carbocycles. The number of nitrogens with one attached hydrogen (secondary N) is 1. The zero-order chi connectivity index (χ0) is 42.3. The number of rotatable bonds is 16. The number of imidazole rings is 1. The number of nitrogens with two attached hydrogens (primary N) is 1. The third-order valence-corrected chi connectivity index (χ3v) is 12.3. The number of aliphatic hydroxyl groups is 1. The van der Waals surface area contributed by atoms with E-state index in [1.54, 1.807) is 45.8 Å². The molecular formula is C42H50N6O9S2. The number of nitrogen functional groups attached to an aromatic ring is 1. The molecule has 1 aliphatic heterocycles. The van der Waals surface area contributed by atoms with Gasteiger partial charge in [0, 0.05) is 11.0 Å². The van der Waals surface area contributed by atoms with Gasteiger partial charge >= 0.3 is 12.1 Å². The number of carbonyl (C=O) groups excluding carboxylic acids is 2. The van der Waals surface area contributed by atoms with Gasteiger partial charge in [-0.3, -0.25) is 4.57 Å². The molecule has 1 amide bonds. The summed E-state index contributed by atoms with van der Waals surface area (Å²) in [7, 11) is 6.14. The van der Waals surface area contributed by atoms with Crippen molar-refractivity contribution in [2.24, 2.45) is 0 Å². The first kappa shape index (κ1) is 43.5. The molecule has 1 aliphatic rings. The molecule has 59 heavy (non-hydrogen) atoms. The lowest BCUT2D eigenvalue weighted by Gasteiger charge is -2.37. The highest BCUT2D eigenvalue weighted by Crippen LogP contribution is 2.43. The fraction of sp³-hybridized carbons (Fsp3) is 0.405. The smallest absolute Gasteiger partial charge is 0.408 e. The Balaban J connectivity index is 1.38. The van der Waals surface area contributed by atoms with Crippen LogP contribution in [0.2, 0.25) is 0 Å². The SMILES string of the molecule is COc1ccc(C(OC[C@H]2O[C@@H](n3cnc4c(N)ncnc43)[C@H](OC(=O)C(CSSC(C)C)NC(=O)OC(C)(C)C)[C@@H]2O)(c2ccccc2)c2ccc(OC)cc2)cc1. The Morgan fingerprint density at radius 2 is 1.53 bits per heavy atom. The molecule has 3 heterocycles. The summed E-state index contributed by atoms with van der Waals surface area (Å²) in [6.07, 6.45) is -3.07. The van der Waals surface area contributed by atoms with Crippen molar-refractivity contribution in [2.45, 2.75) is 81.7 Å². The number of hydrogen-bond donors (Lipinski definition) is 3. The fourth-order valence-electron chi connectivity index (χ4n) is 6.62. The summed E-state index contributed by atoms with van der Waals surface area (Å²) in [6.45, 7) is 9.03.